The summed E-state index contributed by atoms with van der Waals surface area (Å²) >= 11 is 3.38. The van der Waals surface area contributed by atoms with E-state index < -0.39 is 23.5 Å². The highest BCUT2D eigenvalue weighted by molar-refractivity contribution is 9.10. The first kappa shape index (κ1) is 19.4. The molecule has 6 nitrogen and oxygen atoms in total. The van der Waals surface area contributed by atoms with E-state index in [-0.39, 0.29) is 11.3 Å². The summed E-state index contributed by atoms with van der Waals surface area (Å²) < 4.78 is 12.3. The first-order chi connectivity index (χ1) is 14.9. The number of para-hydroxylation sites is 1. The van der Waals surface area contributed by atoms with Gasteiger partial charge in [-0.15, -0.1) is 0 Å². The molecule has 1 amide bonds. The van der Waals surface area contributed by atoms with Gasteiger partial charge in [-0.2, -0.15) is 0 Å². The van der Waals surface area contributed by atoms with Gasteiger partial charge in [-0.3, -0.25) is 14.5 Å². The number of anilines is 1. The second kappa shape index (κ2) is 7.28. The zero-order valence-electron chi connectivity index (χ0n) is 16.3. The van der Waals surface area contributed by atoms with Gasteiger partial charge in [0.1, 0.15) is 23.1 Å². The fourth-order valence-corrected chi connectivity index (χ4v) is 4.07. The normalized spacial score (nSPS) is 16.5. The van der Waals surface area contributed by atoms with Gasteiger partial charge in [0, 0.05) is 15.5 Å². The lowest BCUT2D eigenvalue weighted by molar-refractivity contribution is -0.117. The van der Waals surface area contributed by atoms with E-state index in [1.807, 2.05) is 12.1 Å². The van der Waals surface area contributed by atoms with Gasteiger partial charge < -0.3 is 13.9 Å². The van der Waals surface area contributed by atoms with Crippen LogP contribution in [0.5, 0.6) is 0 Å². The number of carbonyl (C=O) groups excluding carboxylic acids is 2. The number of Topliss-reactive ketones (excluding diaryl/α,β-unsaturated/α-hetero) is 1. The second-order valence-electron chi connectivity index (χ2n) is 7.24. The number of aliphatic hydroxyl groups is 1. The summed E-state index contributed by atoms with van der Waals surface area (Å²) in [7, 11) is 0. The van der Waals surface area contributed by atoms with E-state index in [1.165, 1.54) is 4.90 Å². The number of rotatable bonds is 4. The van der Waals surface area contributed by atoms with Crippen molar-refractivity contribution < 1.29 is 23.5 Å². The Kier molecular flexibility index (Phi) is 4.55. The Morgan fingerprint density at radius 1 is 1.03 bits per heavy atom. The van der Waals surface area contributed by atoms with Crippen LogP contribution in [0.2, 0.25) is 0 Å². The molecule has 0 radical (unpaired) electrons. The molecule has 1 unspecified atom stereocenters. The van der Waals surface area contributed by atoms with Gasteiger partial charge in [-0.25, -0.2) is 0 Å². The summed E-state index contributed by atoms with van der Waals surface area (Å²) in [5.74, 6) is -0.826. The van der Waals surface area contributed by atoms with Crippen LogP contribution in [-0.4, -0.2) is 16.8 Å². The molecule has 2 aromatic carbocycles. The molecule has 0 aliphatic carbocycles. The molecule has 0 bridgehead atoms. The molecular formula is C24H16BrNO5. The topological polar surface area (TPSA) is 83.9 Å². The molecule has 31 heavy (non-hydrogen) atoms. The Balaban J connectivity index is 1.65. The molecule has 154 valence electrons. The van der Waals surface area contributed by atoms with Crippen LogP contribution in [0.15, 0.2) is 91.4 Å². The van der Waals surface area contributed by atoms with Crippen molar-refractivity contribution in [2.75, 3.05) is 4.90 Å². The van der Waals surface area contributed by atoms with Crippen molar-refractivity contribution in [3.8, 4) is 0 Å². The van der Waals surface area contributed by atoms with E-state index >= 15 is 0 Å². The van der Waals surface area contributed by atoms with Gasteiger partial charge in [0.2, 0.25) is 5.78 Å². The average Bonchev–Trinajstić information content (AvgIpc) is 3.45. The molecule has 2 aromatic heterocycles. The Bertz CT molecular complexity index is 1330. The molecule has 1 aliphatic heterocycles. The number of furan rings is 2. The van der Waals surface area contributed by atoms with Crippen molar-refractivity contribution in [1.82, 2.24) is 0 Å². The van der Waals surface area contributed by atoms with Crippen LogP contribution in [0.4, 0.5) is 5.69 Å². The molecule has 0 fully saturated rings. The number of aliphatic hydroxyl groups excluding tert-OH is 1. The molecule has 1 aliphatic rings. The molecule has 1 N–H and O–H groups in total. The van der Waals surface area contributed by atoms with E-state index in [4.69, 9.17) is 8.83 Å². The summed E-state index contributed by atoms with van der Waals surface area (Å²) in [6.45, 7) is 1.77. The molecule has 4 aromatic rings. The van der Waals surface area contributed by atoms with E-state index in [9.17, 15) is 14.7 Å². The van der Waals surface area contributed by atoms with Crippen LogP contribution in [0.3, 0.4) is 0 Å². The maximum absolute atomic E-state index is 13.5. The lowest BCUT2D eigenvalue weighted by Gasteiger charge is -2.24. The molecule has 7 heteroatoms. The number of amides is 1. The zero-order valence-corrected chi connectivity index (χ0v) is 17.9. The maximum Gasteiger partial charge on any atom is 0.294 e. The Hall–Kier alpha value is -3.58. The van der Waals surface area contributed by atoms with E-state index in [2.05, 4.69) is 15.9 Å². The SMILES string of the molecule is Cc1ccc(C2C(C(=O)c3cc4ccccc4o3)=C(O)C(=O)N2c2ccc(Br)cc2)o1. The van der Waals surface area contributed by atoms with Crippen LogP contribution < -0.4 is 4.90 Å². The third-order valence-electron chi connectivity index (χ3n) is 5.24. The van der Waals surface area contributed by atoms with Gasteiger partial charge in [0.15, 0.2) is 11.5 Å². The van der Waals surface area contributed by atoms with E-state index in [0.717, 1.165) is 9.86 Å². The quantitative estimate of drug-likeness (QED) is 0.371. The summed E-state index contributed by atoms with van der Waals surface area (Å²) in [5, 5.41) is 11.5. The fraction of sp³-hybridized carbons (Fsp3) is 0.0833. The van der Waals surface area contributed by atoms with Crippen LogP contribution >= 0.6 is 15.9 Å². The minimum atomic E-state index is -0.928. The molecule has 5 rings (SSSR count). The van der Waals surface area contributed by atoms with Gasteiger partial charge in [-0.1, -0.05) is 34.1 Å². The number of carbonyl (C=O) groups is 2. The zero-order chi connectivity index (χ0) is 21.7. The Morgan fingerprint density at radius 2 is 1.77 bits per heavy atom. The van der Waals surface area contributed by atoms with Crippen LogP contribution in [0, 0.1) is 6.92 Å². The fourth-order valence-electron chi connectivity index (χ4n) is 3.80. The van der Waals surface area contributed by atoms with E-state index in [1.54, 1.807) is 61.5 Å². The highest BCUT2D eigenvalue weighted by Crippen LogP contribution is 2.43. The Labute approximate surface area is 185 Å². The highest BCUT2D eigenvalue weighted by atomic mass is 79.9. The maximum atomic E-state index is 13.5. The number of hydrogen-bond donors (Lipinski definition) is 1. The van der Waals surface area contributed by atoms with Crippen molar-refractivity contribution in [3.63, 3.8) is 0 Å². The number of aryl methyl sites for hydroxylation is 1. The largest absolute Gasteiger partial charge is 0.503 e. The molecular weight excluding hydrogens is 462 g/mol. The third-order valence-corrected chi connectivity index (χ3v) is 5.77. The highest BCUT2D eigenvalue weighted by Gasteiger charge is 2.46. The predicted octanol–water partition coefficient (Wildman–Crippen LogP) is 5.88. The van der Waals surface area contributed by atoms with Gasteiger partial charge in [0.05, 0.1) is 5.57 Å². The lowest BCUT2D eigenvalue weighted by Crippen LogP contribution is -2.30. The van der Waals surface area contributed by atoms with Crippen molar-refractivity contribution in [2.24, 2.45) is 0 Å². The average molecular weight is 478 g/mol. The van der Waals surface area contributed by atoms with Crippen LogP contribution in [0.1, 0.15) is 28.1 Å². The van der Waals surface area contributed by atoms with Crippen molar-refractivity contribution >= 4 is 44.3 Å². The minimum Gasteiger partial charge on any atom is -0.503 e. The number of fused-ring (bicyclic) bond motifs is 1. The summed E-state index contributed by atoms with van der Waals surface area (Å²) in [4.78, 5) is 27.9. The number of benzene rings is 2. The van der Waals surface area contributed by atoms with Crippen molar-refractivity contribution in [1.29, 1.82) is 0 Å². The van der Waals surface area contributed by atoms with Crippen molar-refractivity contribution in [2.45, 2.75) is 13.0 Å². The predicted molar refractivity (Wildman–Crippen MR) is 118 cm³/mol. The monoisotopic (exact) mass is 477 g/mol. The third kappa shape index (κ3) is 3.18. The smallest absolute Gasteiger partial charge is 0.294 e. The summed E-state index contributed by atoms with van der Waals surface area (Å²) in [6, 6.07) is 18.4. The number of hydrogen-bond acceptors (Lipinski definition) is 5. The molecule has 3 heterocycles. The molecule has 0 saturated carbocycles. The van der Waals surface area contributed by atoms with Crippen LogP contribution in [-0.2, 0) is 4.79 Å². The second-order valence-corrected chi connectivity index (χ2v) is 8.16. The van der Waals surface area contributed by atoms with E-state index in [0.29, 0.717) is 22.8 Å². The summed E-state index contributed by atoms with van der Waals surface area (Å²) in [6.07, 6.45) is 0. The molecule has 1 atom stereocenters. The Morgan fingerprint density at radius 3 is 2.45 bits per heavy atom. The molecule has 0 spiro atoms. The van der Waals surface area contributed by atoms with Gasteiger partial charge in [-0.05, 0) is 55.5 Å². The van der Waals surface area contributed by atoms with Crippen molar-refractivity contribution in [3.05, 3.63) is 99.8 Å². The van der Waals surface area contributed by atoms with Gasteiger partial charge in [0.25, 0.3) is 5.91 Å². The number of halogens is 1. The number of ketones is 1. The lowest BCUT2D eigenvalue weighted by atomic mass is 9.99. The minimum absolute atomic E-state index is 0.0430. The number of nitrogens with zero attached hydrogens (tertiary/aromatic N) is 1. The van der Waals surface area contributed by atoms with Crippen LogP contribution in [0.25, 0.3) is 11.0 Å². The first-order valence-corrected chi connectivity index (χ1v) is 10.3. The first-order valence-electron chi connectivity index (χ1n) is 9.56. The van der Waals surface area contributed by atoms with Gasteiger partial charge >= 0.3 is 0 Å². The summed E-state index contributed by atoms with van der Waals surface area (Å²) in [5.41, 5.74) is 0.984. The standard InChI is InChI=1S/C24H16BrNO5/c1-13-6-11-18(30-13)21-20(22(27)19-12-14-4-2-3-5-17(14)31-19)23(28)24(29)26(21)16-9-7-15(25)8-10-16/h2-12,21,28H,1H3. The molecule has 0 saturated heterocycles.